The lowest BCUT2D eigenvalue weighted by molar-refractivity contribution is -0.137. The van der Waals surface area contributed by atoms with Gasteiger partial charge in [0.2, 0.25) is 5.95 Å². The van der Waals surface area contributed by atoms with Gasteiger partial charge in [-0.2, -0.15) is 13.8 Å². The molecule has 3 heterocycles. The fourth-order valence-electron chi connectivity index (χ4n) is 4.97. The molecule has 1 saturated carbocycles. The Balaban J connectivity index is 1.45. The average Bonchev–Trinajstić information content (AvgIpc) is 2.96. The van der Waals surface area contributed by atoms with E-state index in [0.29, 0.717) is 24.5 Å². The molecule has 5 rings (SSSR count). The zero-order chi connectivity index (χ0) is 20.0. The largest absolute Gasteiger partial charge is 0.481 e. The number of rotatable bonds is 4. The first-order valence-electron chi connectivity index (χ1n) is 9.49. The molecule has 0 radical (unpaired) electrons. The number of piperidine rings is 1. The molecule has 3 fully saturated rings. The summed E-state index contributed by atoms with van der Waals surface area (Å²) in [5.41, 5.74) is 0.0438. The molecule has 1 aromatic rings. The van der Waals surface area contributed by atoms with Gasteiger partial charge in [0.15, 0.2) is 0 Å². The number of nitrogens with zero attached hydrogens (tertiary/aromatic N) is 4. The van der Waals surface area contributed by atoms with E-state index in [0.717, 1.165) is 0 Å². The van der Waals surface area contributed by atoms with E-state index in [1.54, 1.807) is 0 Å². The molecule has 0 spiro atoms. The number of anilines is 2. The summed E-state index contributed by atoms with van der Waals surface area (Å²) < 4.78 is 55.9. The minimum Gasteiger partial charge on any atom is -0.481 e. The average molecular weight is 400 g/mol. The van der Waals surface area contributed by atoms with E-state index in [4.69, 9.17) is 5.11 Å². The van der Waals surface area contributed by atoms with Gasteiger partial charge >= 0.3 is 5.97 Å². The monoisotopic (exact) mass is 400 g/mol. The number of aromatic nitrogens is 2. The smallest absolute Gasteiger partial charge is 0.303 e. The van der Waals surface area contributed by atoms with Crippen LogP contribution in [-0.4, -0.2) is 52.6 Å². The topological polar surface area (TPSA) is 69.6 Å². The highest BCUT2D eigenvalue weighted by atomic mass is 19.3. The quantitative estimate of drug-likeness (QED) is 0.784. The van der Waals surface area contributed by atoms with Crippen molar-refractivity contribution in [2.24, 2.45) is 17.8 Å². The number of fused-ring (bicyclic) bond motifs is 2. The normalized spacial score (nSPS) is 34.0. The van der Waals surface area contributed by atoms with Gasteiger partial charge in [-0.05, 0) is 31.1 Å². The second-order valence-corrected chi connectivity index (χ2v) is 8.44. The number of carboxylic acids is 1. The maximum Gasteiger partial charge on any atom is 0.303 e. The van der Waals surface area contributed by atoms with Crippen LogP contribution in [-0.2, 0) is 17.1 Å². The summed E-state index contributed by atoms with van der Waals surface area (Å²) in [7, 11) is 0. The number of halogens is 4. The van der Waals surface area contributed by atoms with Crippen molar-refractivity contribution >= 4 is 17.7 Å². The molecule has 2 aliphatic heterocycles. The molecule has 2 saturated heterocycles. The number of aliphatic carboxylic acids is 1. The number of hydrogen-bond donors (Lipinski definition) is 1. The maximum absolute atomic E-state index is 14.4. The zero-order valence-electron chi connectivity index (χ0n) is 15.2. The van der Waals surface area contributed by atoms with Crippen LogP contribution >= 0.6 is 0 Å². The van der Waals surface area contributed by atoms with Crippen LogP contribution in [0.2, 0.25) is 0 Å². The van der Waals surface area contributed by atoms with Crippen LogP contribution < -0.4 is 9.80 Å². The van der Waals surface area contributed by atoms with Crippen LogP contribution in [0.3, 0.4) is 0 Å². The van der Waals surface area contributed by atoms with Crippen molar-refractivity contribution < 1.29 is 27.5 Å². The van der Waals surface area contributed by atoms with Crippen molar-refractivity contribution in [2.75, 3.05) is 29.4 Å². The van der Waals surface area contributed by atoms with E-state index in [1.165, 1.54) is 11.8 Å². The molecule has 0 amide bonds. The Morgan fingerprint density at radius 1 is 1.21 bits per heavy atom. The van der Waals surface area contributed by atoms with Crippen molar-refractivity contribution in [1.29, 1.82) is 0 Å². The van der Waals surface area contributed by atoms with E-state index < -0.39 is 30.4 Å². The van der Waals surface area contributed by atoms with Crippen molar-refractivity contribution in [3.63, 3.8) is 0 Å². The highest BCUT2D eigenvalue weighted by Gasteiger charge is 2.58. The van der Waals surface area contributed by atoms with Gasteiger partial charge in [0.1, 0.15) is 11.5 Å². The van der Waals surface area contributed by atoms with Crippen molar-refractivity contribution in [3.05, 3.63) is 11.3 Å². The Labute approximate surface area is 158 Å². The van der Waals surface area contributed by atoms with Crippen molar-refractivity contribution in [1.82, 2.24) is 9.97 Å². The summed E-state index contributed by atoms with van der Waals surface area (Å²) in [6, 6.07) is -1.14. The minimum atomic E-state index is -3.09. The third kappa shape index (κ3) is 2.49. The highest BCUT2D eigenvalue weighted by molar-refractivity contribution is 5.68. The van der Waals surface area contributed by atoms with Crippen LogP contribution in [0.5, 0.6) is 0 Å². The molecule has 1 unspecified atom stereocenters. The molecule has 1 N–H and O–H groups in total. The third-order valence-corrected chi connectivity index (χ3v) is 6.81. The first kappa shape index (κ1) is 17.9. The fraction of sp³-hybridized carbons (Fsp3) is 0.722. The fourth-order valence-corrected chi connectivity index (χ4v) is 4.97. The van der Waals surface area contributed by atoms with Gasteiger partial charge in [-0.3, -0.25) is 4.79 Å². The maximum atomic E-state index is 14.4. The molecule has 0 bridgehead atoms. The standard InChI is InChI=1S/C18H20F4N4O2/c1-8-18(21,22)7-26(8)16-23-14-9(2-3-17(14,19)20)15(24-16)25-5-11-10(4-13(27)28)12(11)6-25/h8,10-12H,2-7H2,1H3,(H,27,28)/t8-,10?,11-,12+/m0/s1. The van der Waals surface area contributed by atoms with Gasteiger partial charge in [-0.1, -0.05) is 0 Å². The van der Waals surface area contributed by atoms with Gasteiger partial charge in [0, 0.05) is 31.5 Å². The van der Waals surface area contributed by atoms with Gasteiger partial charge in [0.05, 0.1) is 12.6 Å². The summed E-state index contributed by atoms with van der Waals surface area (Å²) in [5, 5.41) is 8.96. The van der Waals surface area contributed by atoms with Crippen LogP contribution in [0.1, 0.15) is 31.0 Å². The molecule has 1 aromatic heterocycles. The predicted octanol–water partition coefficient (Wildman–Crippen LogP) is 2.52. The summed E-state index contributed by atoms with van der Waals surface area (Å²) in [4.78, 5) is 22.5. The lowest BCUT2D eigenvalue weighted by Gasteiger charge is -2.46. The van der Waals surface area contributed by atoms with Crippen molar-refractivity contribution in [3.8, 4) is 0 Å². The second-order valence-electron chi connectivity index (χ2n) is 8.44. The zero-order valence-corrected chi connectivity index (χ0v) is 15.2. The van der Waals surface area contributed by atoms with E-state index in [-0.39, 0.29) is 48.7 Å². The number of hydrogen-bond acceptors (Lipinski definition) is 5. The Morgan fingerprint density at radius 3 is 2.46 bits per heavy atom. The van der Waals surface area contributed by atoms with E-state index in [2.05, 4.69) is 9.97 Å². The minimum absolute atomic E-state index is 0.0728. The molecule has 10 heteroatoms. The van der Waals surface area contributed by atoms with Crippen molar-refractivity contribution in [2.45, 2.75) is 44.1 Å². The van der Waals surface area contributed by atoms with Gasteiger partial charge in [-0.25, -0.2) is 13.8 Å². The molecule has 6 nitrogen and oxygen atoms in total. The molecule has 4 aliphatic rings. The van der Waals surface area contributed by atoms with Crippen LogP contribution in [0.4, 0.5) is 29.3 Å². The van der Waals surface area contributed by atoms with Gasteiger partial charge in [0.25, 0.3) is 11.8 Å². The van der Waals surface area contributed by atoms with E-state index in [9.17, 15) is 22.4 Å². The Kier molecular flexibility index (Phi) is 3.51. The molecule has 2 aliphatic carbocycles. The summed E-state index contributed by atoms with van der Waals surface area (Å²) in [6.45, 7) is 1.87. The summed E-state index contributed by atoms with van der Waals surface area (Å²) >= 11 is 0. The highest BCUT2D eigenvalue weighted by Crippen LogP contribution is 2.55. The second kappa shape index (κ2) is 5.48. The lowest BCUT2D eigenvalue weighted by atomic mass is 10.0. The van der Waals surface area contributed by atoms with Crippen LogP contribution in [0.15, 0.2) is 0 Å². The SMILES string of the molecule is C[C@@H]1N(c2nc(N3C[C@@H]4C(CC(=O)O)[C@@H]4C3)c3c(n2)C(F)(F)CC3)CC1(F)F. The molecular formula is C18H20F4N4O2. The first-order valence-corrected chi connectivity index (χ1v) is 9.49. The number of alkyl halides is 4. The van der Waals surface area contributed by atoms with Crippen LogP contribution in [0, 0.1) is 17.8 Å². The number of carboxylic acid groups (broad SMARTS) is 1. The van der Waals surface area contributed by atoms with Crippen LogP contribution in [0.25, 0.3) is 0 Å². The molecular weight excluding hydrogens is 380 g/mol. The Bertz CT molecular complexity index is 852. The first-order chi connectivity index (χ1) is 13.1. The lowest BCUT2D eigenvalue weighted by Crippen LogP contribution is -2.64. The Hall–Kier alpha value is -2.13. The predicted molar refractivity (Wildman–Crippen MR) is 90.9 cm³/mol. The molecule has 0 aromatic carbocycles. The molecule has 4 atom stereocenters. The summed E-state index contributed by atoms with van der Waals surface area (Å²) in [6.07, 6.45) is -0.0929. The van der Waals surface area contributed by atoms with E-state index >= 15 is 0 Å². The Morgan fingerprint density at radius 2 is 1.89 bits per heavy atom. The summed E-state index contributed by atoms with van der Waals surface area (Å²) in [5.74, 6) is -5.91. The van der Waals surface area contributed by atoms with Gasteiger partial charge < -0.3 is 14.9 Å². The van der Waals surface area contributed by atoms with E-state index in [1.807, 2.05) is 4.90 Å². The molecule has 152 valence electrons. The molecule has 28 heavy (non-hydrogen) atoms. The third-order valence-electron chi connectivity index (χ3n) is 6.81. The van der Waals surface area contributed by atoms with Gasteiger partial charge in [-0.15, -0.1) is 0 Å². The number of carbonyl (C=O) groups is 1.